The smallest absolute Gasteiger partial charge is 0.434 e. The topological polar surface area (TPSA) is 72.5 Å². The van der Waals surface area contributed by atoms with Gasteiger partial charge in [-0.25, -0.2) is 4.79 Å². The van der Waals surface area contributed by atoms with Crippen molar-refractivity contribution in [3.63, 3.8) is 0 Å². The number of ether oxygens (including phenoxy) is 5. The Morgan fingerprint density at radius 2 is 1.81 bits per heavy atom. The molecule has 7 nitrogen and oxygen atoms in total. The van der Waals surface area contributed by atoms with Crippen molar-refractivity contribution >= 4 is 14.5 Å². The molecule has 27 heavy (non-hydrogen) atoms. The molecule has 0 aliphatic carbocycles. The summed E-state index contributed by atoms with van der Waals surface area (Å²) in [6.45, 7) is 19.0. The highest BCUT2D eigenvalue weighted by atomic mass is 28.4. The summed E-state index contributed by atoms with van der Waals surface area (Å²) in [6, 6.07) is 0. The quantitative estimate of drug-likeness (QED) is 0.488. The molecule has 0 aromatic heterocycles. The predicted octanol–water partition coefficient (Wildman–Crippen LogP) is 4.06. The zero-order valence-corrected chi connectivity index (χ0v) is 19.2. The number of carbonyl (C=O) groups excluding carboxylic acids is 1. The summed E-state index contributed by atoms with van der Waals surface area (Å²) in [5.74, 6) is -0.558. The number of fused-ring (bicyclic) bond motifs is 1. The number of hydrogen-bond acceptors (Lipinski definition) is 7. The summed E-state index contributed by atoms with van der Waals surface area (Å²) in [4.78, 5) is 12.1. The lowest BCUT2D eigenvalue weighted by Gasteiger charge is -2.37. The molecule has 2 rings (SSSR count). The summed E-state index contributed by atoms with van der Waals surface area (Å²) < 4.78 is 34.7. The molecule has 2 aliphatic heterocycles. The van der Waals surface area contributed by atoms with Crippen LogP contribution in [0.15, 0.2) is 0 Å². The van der Waals surface area contributed by atoms with E-state index in [1.165, 1.54) is 0 Å². The van der Waals surface area contributed by atoms with Crippen LogP contribution in [0.1, 0.15) is 48.5 Å². The van der Waals surface area contributed by atoms with Crippen molar-refractivity contribution in [1.29, 1.82) is 0 Å². The summed E-state index contributed by atoms with van der Waals surface area (Å²) in [5, 5.41) is 0.0724. The van der Waals surface area contributed by atoms with E-state index < -0.39 is 44.9 Å². The number of rotatable bonds is 6. The second-order valence-corrected chi connectivity index (χ2v) is 14.6. The molecule has 0 aromatic carbocycles. The molecule has 0 spiro atoms. The second kappa shape index (κ2) is 7.98. The van der Waals surface area contributed by atoms with Gasteiger partial charge in [0, 0.05) is 0 Å². The van der Waals surface area contributed by atoms with E-state index in [0.717, 1.165) is 0 Å². The molecule has 0 amide bonds. The van der Waals surface area contributed by atoms with Crippen molar-refractivity contribution in [2.75, 3.05) is 13.2 Å². The van der Waals surface area contributed by atoms with Crippen LogP contribution in [-0.2, 0) is 28.1 Å². The first-order valence-corrected chi connectivity index (χ1v) is 12.6. The van der Waals surface area contributed by atoms with E-state index in [-0.39, 0.29) is 11.0 Å². The molecular weight excluding hydrogens is 368 g/mol. The first-order chi connectivity index (χ1) is 12.2. The first-order valence-electron chi connectivity index (χ1n) is 9.70. The summed E-state index contributed by atoms with van der Waals surface area (Å²) in [5.41, 5.74) is 0. The van der Waals surface area contributed by atoms with Gasteiger partial charge in [0.1, 0.15) is 6.10 Å². The van der Waals surface area contributed by atoms with Gasteiger partial charge in [-0.1, -0.05) is 34.6 Å². The minimum atomic E-state index is -1.97. The van der Waals surface area contributed by atoms with Crippen LogP contribution in [-0.4, -0.2) is 58.1 Å². The lowest BCUT2D eigenvalue weighted by Crippen LogP contribution is -2.46. The zero-order chi connectivity index (χ0) is 20.6. The van der Waals surface area contributed by atoms with E-state index in [4.69, 9.17) is 28.1 Å². The molecule has 0 radical (unpaired) electrons. The maximum Gasteiger partial charge on any atom is 0.508 e. The monoisotopic (exact) mass is 404 g/mol. The normalized spacial score (nSPS) is 30.4. The second-order valence-electron chi connectivity index (χ2n) is 9.75. The molecule has 0 unspecified atom stereocenters. The minimum absolute atomic E-state index is 0.0724. The van der Waals surface area contributed by atoms with Crippen molar-refractivity contribution < 1.29 is 32.9 Å². The van der Waals surface area contributed by atoms with Crippen LogP contribution in [0, 0.1) is 5.92 Å². The standard InChI is InChI=1S/C19H36O7Si/c1-12(2)10-21-17(20)24-14-13(11-22-27(8,9)18(3,4)5)23-16-15(14)25-19(6,7)26-16/h12-16H,10-11H2,1-9H3/t13-,14+,15-,16-/m1/s1. The highest BCUT2D eigenvalue weighted by Crippen LogP contribution is 2.41. The van der Waals surface area contributed by atoms with Gasteiger partial charge < -0.3 is 28.1 Å². The van der Waals surface area contributed by atoms with E-state index >= 15 is 0 Å². The Hall–Kier alpha value is -0.673. The summed E-state index contributed by atoms with van der Waals surface area (Å²) >= 11 is 0. The van der Waals surface area contributed by atoms with Gasteiger partial charge in [0.05, 0.1) is 13.2 Å². The highest BCUT2D eigenvalue weighted by molar-refractivity contribution is 6.74. The van der Waals surface area contributed by atoms with E-state index in [0.29, 0.717) is 13.2 Å². The molecule has 0 aromatic rings. The Balaban J connectivity index is 2.05. The Morgan fingerprint density at radius 1 is 1.19 bits per heavy atom. The Morgan fingerprint density at radius 3 is 2.37 bits per heavy atom. The zero-order valence-electron chi connectivity index (χ0n) is 18.2. The highest BCUT2D eigenvalue weighted by Gasteiger charge is 2.57. The van der Waals surface area contributed by atoms with Crippen molar-refractivity contribution in [3.05, 3.63) is 0 Å². The molecular formula is C19H36O7Si. The Labute approximate surface area is 164 Å². The molecule has 0 N–H and O–H groups in total. The Bertz CT molecular complexity index is 527. The third-order valence-corrected chi connectivity index (χ3v) is 9.77. The maximum absolute atomic E-state index is 12.1. The summed E-state index contributed by atoms with van der Waals surface area (Å²) in [6.07, 6.45) is -2.91. The van der Waals surface area contributed by atoms with E-state index in [1.54, 1.807) is 0 Å². The molecule has 2 fully saturated rings. The first kappa shape index (κ1) is 22.6. The minimum Gasteiger partial charge on any atom is -0.434 e. The number of hydrogen-bond donors (Lipinski definition) is 0. The van der Waals surface area contributed by atoms with Crippen LogP contribution in [0.4, 0.5) is 4.79 Å². The van der Waals surface area contributed by atoms with Gasteiger partial charge >= 0.3 is 6.16 Å². The lowest BCUT2D eigenvalue weighted by molar-refractivity contribution is -0.218. The third kappa shape index (κ3) is 5.66. The van der Waals surface area contributed by atoms with Crippen LogP contribution < -0.4 is 0 Å². The van der Waals surface area contributed by atoms with Gasteiger partial charge in [-0.3, -0.25) is 0 Å². The molecule has 8 heteroatoms. The van der Waals surface area contributed by atoms with Crippen LogP contribution in [0.3, 0.4) is 0 Å². The lowest BCUT2D eigenvalue weighted by atomic mass is 10.1. The van der Waals surface area contributed by atoms with Crippen molar-refractivity contribution in [3.8, 4) is 0 Å². The predicted molar refractivity (Wildman–Crippen MR) is 103 cm³/mol. The maximum atomic E-state index is 12.1. The molecule has 2 saturated heterocycles. The van der Waals surface area contributed by atoms with Gasteiger partial charge in [-0.15, -0.1) is 0 Å². The molecule has 4 atom stereocenters. The van der Waals surface area contributed by atoms with Crippen LogP contribution in [0.5, 0.6) is 0 Å². The molecule has 0 bridgehead atoms. The van der Waals surface area contributed by atoms with Crippen LogP contribution >= 0.6 is 0 Å². The van der Waals surface area contributed by atoms with Gasteiger partial charge in [0.2, 0.25) is 0 Å². The fourth-order valence-electron chi connectivity index (χ4n) is 2.71. The Kier molecular flexibility index (Phi) is 6.69. The molecule has 2 aliphatic rings. The van der Waals surface area contributed by atoms with E-state index in [2.05, 4.69) is 33.9 Å². The molecule has 0 saturated carbocycles. The van der Waals surface area contributed by atoms with Gasteiger partial charge in [0.25, 0.3) is 0 Å². The fraction of sp³-hybridized carbons (Fsp3) is 0.947. The largest absolute Gasteiger partial charge is 0.508 e. The van der Waals surface area contributed by atoms with Crippen LogP contribution in [0.2, 0.25) is 18.1 Å². The van der Waals surface area contributed by atoms with Gasteiger partial charge in [-0.05, 0) is 37.9 Å². The molecule has 2 heterocycles. The summed E-state index contributed by atoms with van der Waals surface area (Å²) in [7, 11) is -1.97. The van der Waals surface area contributed by atoms with Gasteiger partial charge in [0.15, 0.2) is 32.6 Å². The SMILES string of the molecule is CC(C)COC(=O)O[C@@H]1[C@H]2OC(C)(C)O[C@H]2O[C@@H]1CO[Si](C)(C)C(C)(C)C. The third-order valence-electron chi connectivity index (χ3n) is 5.27. The van der Waals surface area contributed by atoms with E-state index in [1.807, 2.05) is 27.7 Å². The number of carbonyl (C=O) groups is 1. The average Bonchev–Trinajstić information content (AvgIpc) is 2.95. The van der Waals surface area contributed by atoms with Gasteiger partial charge in [-0.2, -0.15) is 0 Å². The molecule has 158 valence electrons. The van der Waals surface area contributed by atoms with Crippen molar-refractivity contribution in [2.45, 2.75) is 97.0 Å². The average molecular weight is 405 g/mol. The van der Waals surface area contributed by atoms with Crippen molar-refractivity contribution in [1.82, 2.24) is 0 Å². The fourth-order valence-corrected chi connectivity index (χ4v) is 3.72. The van der Waals surface area contributed by atoms with E-state index in [9.17, 15) is 4.79 Å². The van der Waals surface area contributed by atoms with Crippen LogP contribution in [0.25, 0.3) is 0 Å². The van der Waals surface area contributed by atoms with Crippen molar-refractivity contribution in [2.24, 2.45) is 5.92 Å².